The number of piperidine rings is 2. The first-order chi connectivity index (χ1) is 18.0. The van der Waals surface area contributed by atoms with Crippen molar-refractivity contribution in [3.63, 3.8) is 0 Å². The minimum absolute atomic E-state index is 0.0325. The number of halogens is 5. The highest BCUT2D eigenvalue weighted by Crippen LogP contribution is 2.32. The minimum Gasteiger partial charge on any atom is -0.372 e. The molecule has 0 bridgehead atoms. The Hall–Kier alpha value is -1.09. The predicted molar refractivity (Wildman–Crippen MR) is 153 cm³/mol. The van der Waals surface area contributed by atoms with E-state index in [1.807, 2.05) is 25.1 Å². The number of carbonyl (C=O) groups is 1. The Balaban J connectivity index is 1.44. The summed E-state index contributed by atoms with van der Waals surface area (Å²) in [7, 11) is 4.06. The summed E-state index contributed by atoms with van der Waals surface area (Å²) in [6.45, 7) is 3.43. The van der Waals surface area contributed by atoms with Gasteiger partial charge in [0.1, 0.15) is 5.70 Å². The van der Waals surface area contributed by atoms with Crippen LogP contribution in [0.5, 0.6) is 0 Å². The number of alkyl halides is 5. The Morgan fingerprint density at radius 1 is 1.16 bits per heavy atom. The van der Waals surface area contributed by atoms with Crippen LogP contribution in [0.1, 0.15) is 44.9 Å². The molecule has 1 atom stereocenters. The molecule has 2 aliphatic heterocycles. The number of quaternary nitrogens is 1. The second kappa shape index (κ2) is 14.5. The Kier molecular flexibility index (Phi) is 12.0. The molecule has 4 nitrogen and oxygen atoms in total. The van der Waals surface area contributed by atoms with Crippen LogP contribution >= 0.6 is 35.0 Å². The van der Waals surface area contributed by atoms with Gasteiger partial charge >= 0.3 is 5.51 Å². The maximum atomic E-state index is 13.0. The van der Waals surface area contributed by atoms with Gasteiger partial charge in [-0.15, -0.1) is 23.2 Å². The van der Waals surface area contributed by atoms with E-state index in [1.54, 1.807) is 12.2 Å². The van der Waals surface area contributed by atoms with Crippen molar-refractivity contribution in [2.45, 2.75) is 61.9 Å². The van der Waals surface area contributed by atoms with Crippen LogP contribution in [0.2, 0.25) is 0 Å². The van der Waals surface area contributed by atoms with E-state index in [0.717, 1.165) is 57.3 Å². The summed E-state index contributed by atoms with van der Waals surface area (Å²) in [5.74, 6) is 0.972. The van der Waals surface area contributed by atoms with Gasteiger partial charge in [0.2, 0.25) is 5.91 Å². The molecule has 2 heterocycles. The van der Waals surface area contributed by atoms with Crippen molar-refractivity contribution in [1.29, 1.82) is 0 Å². The second-order valence-corrected chi connectivity index (χ2v) is 12.8. The zero-order chi connectivity index (χ0) is 27.8. The summed E-state index contributed by atoms with van der Waals surface area (Å²) in [5, 5.41) is 0.103. The van der Waals surface area contributed by atoms with Gasteiger partial charge in [0.05, 0.1) is 25.5 Å². The van der Waals surface area contributed by atoms with Gasteiger partial charge in [-0.25, -0.2) is 0 Å². The van der Waals surface area contributed by atoms with Crippen molar-refractivity contribution < 1.29 is 22.4 Å². The number of amides is 1. The van der Waals surface area contributed by atoms with Crippen molar-refractivity contribution in [3.05, 3.63) is 47.9 Å². The average Bonchev–Trinajstić information content (AvgIpc) is 2.89. The maximum absolute atomic E-state index is 13.0. The number of nitrogens with zero attached hydrogens (tertiary/aromatic N) is 3. The summed E-state index contributed by atoms with van der Waals surface area (Å²) in [6.07, 6.45) is 17.9. The quantitative estimate of drug-likeness (QED) is 0.156. The summed E-state index contributed by atoms with van der Waals surface area (Å²) < 4.78 is 38.4. The molecule has 1 aliphatic carbocycles. The van der Waals surface area contributed by atoms with Gasteiger partial charge < -0.3 is 9.80 Å². The van der Waals surface area contributed by atoms with Gasteiger partial charge in [-0.2, -0.15) is 13.2 Å². The number of rotatable bonds is 10. The van der Waals surface area contributed by atoms with Crippen molar-refractivity contribution in [1.82, 2.24) is 9.80 Å². The third-order valence-corrected chi connectivity index (χ3v) is 9.25. The first kappa shape index (κ1) is 31.4. The number of carbonyl (C=O) groups excluding carboxylic acids is 1. The lowest BCUT2D eigenvalue weighted by molar-refractivity contribution is -0.877. The molecule has 1 unspecified atom stereocenters. The molecule has 2 saturated heterocycles. The van der Waals surface area contributed by atoms with E-state index in [2.05, 4.69) is 23.1 Å². The zero-order valence-electron chi connectivity index (χ0n) is 22.4. The van der Waals surface area contributed by atoms with Gasteiger partial charge in [-0.1, -0.05) is 18.2 Å². The molecule has 0 spiro atoms. The molecule has 0 N–H and O–H groups in total. The van der Waals surface area contributed by atoms with E-state index >= 15 is 0 Å². The lowest BCUT2D eigenvalue weighted by Gasteiger charge is -2.43. The van der Waals surface area contributed by atoms with Crippen LogP contribution in [0.25, 0.3) is 0 Å². The molecule has 38 heavy (non-hydrogen) atoms. The fourth-order valence-corrected chi connectivity index (χ4v) is 6.33. The molecular formula is C28H41Cl2F3N3OS+. The Labute approximate surface area is 240 Å². The monoisotopic (exact) mass is 594 g/mol. The first-order valence-electron chi connectivity index (χ1n) is 13.5. The molecule has 3 aliphatic rings. The van der Waals surface area contributed by atoms with E-state index in [-0.39, 0.29) is 34.8 Å². The van der Waals surface area contributed by atoms with Gasteiger partial charge in [-0.3, -0.25) is 9.28 Å². The van der Waals surface area contributed by atoms with Crippen LogP contribution in [-0.4, -0.2) is 89.0 Å². The van der Waals surface area contributed by atoms with Crippen LogP contribution in [0, 0.1) is 5.92 Å². The van der Waals surface area contributed by atoms with E-state index in [9.17, 15) is 18.0 Å². The third kappa shape index (κ3) is 9.53. The Bertz CT molecular complexity index is 904. The highest BCUT2D eigenvalue weighted by atomic mass is 35.5. The van der Waals surface area contributed by atoms with Crippen LogP contribution in [0.4, 0.5) is 13.2 Å². The zero-order valence-corrected chi connectivity index (χ0v) is 24.8. The molecule has 0 aromatic rings. The van der Waals surface area contributed by atoms with E-state index < -0.39 is 5.51 Å². The first-order valence-corrected chi connectivity index (χ1v) is 15.5. The minimum atomic E-state index is -4.25. The lowest BCUT2D eigenvalue weighted by atomic mass is 9.91. The largest absolute Gasteiger partial charge is 0.442 e. The molecule has 0 aromatic carbocycles. The van der Waals surface area contributed by atoms with Crippen LogP contribution < -0.4 is 0 Å². The molecular weight excluding hydrogens is 554 g/mol. The fourth-order valence-electron chi connectivity index (χ4n) is 5.64. The fraction of sp³-hybridized carbons (Fsp3) is 0.679. The molecule has 214 valence electrons. The number of thioether (sulfide) groups is 1. The highest BCUT2D eigenvalue weighted by Gasteiger charge is 2.36. The molecule has 0 aromatic heterocycles. The van der Waals surface area contributed by atoms with Crippen LogP contribution in [0.3, 0.4) is 0 Å². The second-order valence-electron chi connectivity index (χ2n) is 10.8. The normalized spacial score (nSPS) is 22.9. The van der Waals surface area contributed by atoms with Crippen molar-refractivity contribution >= 4 is 40.9 Å². The summed E-state index contributed by atoms with van der Waals surface area (Å²) in [6, 6.07) is 0.225. The summed E-state index contributed by atoms with van der Waals surface area (Å²) in [4.78, 5) is 17.4. The maximum Gasteiger partial charge on any atom is 0.442 e. The SMILES string of the molecule is C[N+](C)(C(C=CCCl)=CCSC(F)(F)F)C1CCN(C(=O)CCC2CCN(C3=CCC(Cl)C=C3)CC2)CC1. The lowest BCUT2D eigenvalue weighted by Crippen LogP contribution is -2.53. The standard InChI is InChI=1S/C28H41Cl2F3N3OS/c1-36(2,25(4-3-16-29)15-21-38-28(31,32)33)26-13-19-35(20-14-26)27(37)10-5-22-11-17-34(18-12-22)24-8-6-23(30)7-9-24/h3-4,6,8-9,15,22-23,26H,5,7,10-14,16-21H2,1-2H3/q+1. The molecule has 0 radical (unpaired) electrons. The smallest absolute Gasteiger partial charge is 0.372 e. The molecule has 3 rings (SSSR count). The van der Waals surface area contributed by atoms with E-state index in [0.29, 0.717) is 35.8 Å². The third-order valence-electron chi connectivity index (χ3n) is 8.09. The van der Waals surface area contributed by atoms with Gasteiger partial charge in [0, 0.05) is 62.8 Å². The Morgan fingerprint density at radius 3 is 2.42 bits per heavy atom. The average molecular weight is 596 g/mol. The number of hydrogen-bond acceptors (Lipinski definition) is 3. The molecule has 1 amide bonds. The molecule has 0 saturated carbocycles. The summed E-state index contributed by atoms with van der Waals surface area (Å²) >= 11 is 11.9. The van der Waals surface area contributed by atoms with Crippen LogP contribution in [-0.2, 0) is 4.79 Å². The van der Waals surface area contributed by atoms with Crippen LogP contribution in [0.15, 0.2) is 47.9 Å². The van der Waals surface area contributed by atoms with Crippen molar-refractivity contribution in [3.8, 4) is 0 Å². The number of likely N-dealkylation sites (tertiary alicyclic amines) is 2. The van der Waals surface area contributed by atoms with Crippen molar-refractivity contribution in [2.75, 3.05) is 51.9 Å². The number of hydrogen-bond donors (Lipinski definition) is 0. The Morgan fingerprint density at radius 2 is 1.84 bits per heavy atom. The molecule has 10 heteroatoms. The van der Waals surface area contributed by atoms with E-state index in [4.69, 9.17) is 23.2 Å². The van der Waals surface area contributed by atoms with Gasteiger partial charge in [0.15, 0.2) is 0 Å². The van der Waals surface area contributed by atoms with Gasteiger partial charge in [0.25, 0.3) is 0 Å². The summed E-state index contributed by atoms with van der Waals surface area (Å²) in [5.41, 5.74) is -2.16. The van der Waals surface area contributed by atoms with Gasteiger partial charge in [-0.05, 0) is 61.6 Å². The highest BCUT2D eigenvalue weighted by molar-refractivity contribution is 8.00. The van der Waals surface area contributed by atoms with Crippen molar-refractivity contribution in [2.24, 2.45) is 5.92 Å². The molecule has 2 fully saturated rings. The predicted octanol–water partition coefficient (Wildman–Crippen LogP) is 6.93. The number of likely N-dealkylation sites (N-methyl/N-ethyl adjacent to an activating group) is 1. The van der Waals surface area contributed by atoms with E-state index in [1.165, 1.54) is 5.70 Å². The topological polar surface area (TPSA) is 23.6 Å². The number of allylic oxidation sites excluding steroid dienone is 5.